The van der Waals surface area contributed by atoms with Crippen LogP contribution in [0.3, 0.4) is 0 Å². The van der Waals surface area contributed by atoms with Crippen LogP contribution in [-0.2, 0) is 18.4 Å². The van der Waals surface area contributed by atoms with Crippen LogP contribution in [0.2, 0.25) is 0 Å². The quantitative estimate of drug-likeness (QED) is 0.0580. The van der Waals surface area contributed by atoms with Crippen molar-refractivity contribution in [1.29, 1.82) is 0 Å². The first-order valence-corrected chi connectivity index (χ1v) is 22.3. The van der Waals surface area contributed by atoms with E-state index in [1.54, 1.807) is 0 Å². The van der Waals surface area contributed by atoms with Crippen molar-refractivity contribution in [3.63, 3.8) is 0 Å². The normalized spacial score (nSPS) is 13.4. The highest BCUT2D eigenvalue weighted by Crippen LogP contribution is 2.44. The lowest BCUT2D eigenvalue weighted by molar-refractivity contribution is 0.321. The molecule has 0 aliphatic heterocycles. The number of rotatable bonds is 33. The fourth-order valence-corrected chi connectivity index (χ4v) is 8.48. The molecule has 0 bridgehead atoms. The first kappa shape index (κ1) is 43.1. The topological polar surface area (TPSA) is 17.8 Å². The second-order valence-electron chi connectivity index (χ2n) is 16.3. The third-order valence-electron chi connectivity index (χ3n) is 11.8. The van der Waals surface area contributed by atoms with E-state index >= 15 is 0 Å². The maximum atomic E-state index is 5.17. The summed E-state index contributed by atoms with van der Waals surface area (Å²) in [5.41, 5.74) is 2.84. The highest BCUT2D eigenvalue weighted by molar-refractivity contribution is 5.33. The van der Waals surface area contributed by atoms with Crippen LogP contribution >= 0.6 is 0 Å². The predicted octanol–water partition coefficient (Wildman–Crippen LogP) is 15.7. The van der Waals surface area contributed by atoms with Gasteiger partial charge in [-0.15, -0.1) is 0 Å². The van der Waals surface area contributed by atoms with Crippen LogP contribution in [0.25, 0.3) is 0 Å². The summed E-state index contributed by atoms with van der Waals surface area (Å²) in [5, 5.41) is 0. The second-order valence-corrected chi connectivity index (χ2v) is 16.3. The van der Waals surface area contributed by atoms with Gasteiger partial charge < -0.3 is 4.57 Å². The zero-order valence-corrected chi connectivity index (χ0v) is 33.9. The summed E-state index contributed by atoms with van der Waals surface area (Å²) < 4.78 is 2.54. The highest BCUT2D eigenvalue weighted by atomic mass is 15.1. The first-order valence-electron chi connectivity index (χ1n) is 22.3. The van der Waals surface area contributed by atoms with E-state index in [4.69, 9.17) is 4.98 Å². The minimum absolute atomic E-state index is 0.0285. The Morgan fingerprint density at radius 2 is 0.922 bits per heavy atom. The van der Waals surface area contributed by atoms with E-state index in [0.29, 0.717) is 5.92 Å². The summed E-state index contributed by atoms with van der Waals surface area (Å²) in [6.45, 7) is 8.24. The monoisotopic (exact) mass is 697 g/mol. The van der Waals surface area contributed by atoms with E-state index in [9.17, 15) is 0 Å². The molecular formula is C49H80N2. The standard InChI is InChI=1S/C49H80N2/c1-4-6-8-10-12-14-16-17-18-19-21-23-25-27-35-42-51-43-41-50-48(51)47(40-34-26-24-22-20-15-13-11-9-7-5-2)49(3,46-38-32-29-33-39-46)44-45-36-30-28-31-37-45/h28-33,36-39,41,43,47H,4-27,34-35,40,42,44H2,1-3H3. The lowest BCUT2D eigenvalue weighted by atomic mass is 9.66. The van der Waals surface area contributed by atoms with Gasteiger partial charge in [-0.3, -0.25) is 0 Å². The van der Waals surface area contributed by atoms with E-state index in [2.05, 4.69) is 98.4 Å². The smallest absolute Gasteiger partial charge is 0.112 e. The molecular weight excluding hydrogens is 617 g/mol. The second kappa shape index (κ2) is 28.2. The minimum atomic E-state index is -0.0285. The van der Waals surface area contributed by atoms with E-state index in [0.717, 1.165) is 13.0 Å². The van der Waals surface area contributed by atoms with Crippen molar-refractivity contribution in [2.75, 3.05) is 0 Å². The molecule has 2 atom stereocenters. The lowest BCUT2D eigenvalue weighted by Crippen LogP contribution is -2.35. The Morgan fingerprint density at radius 3 is 1.39 bits per heavy atom. The molecule has 0 aliphatic rings. The van der Waals surface area contributed by atoms with Crippen molar-refractivity contribution in [1.82, 2.24) is 9.55 Å². The van der Waals surface area contributed by atoms with Gasteiger partial charge in [0.1, 0.15) is 5.82 Å². The van der Waals surface area contributed by atoms with Crippen molar-refractivity contribution in [2.45, 2.75) is 218 Å². The number of nitrogens with zero attached hydrogens (tertiary/aromatic N) is 2. The summed E-state index contributed by atoms with van der Waals surface area (Å²) in [5.74, 6) is 1.69. The third-order valence-corrected chi connectivity index (χ3v) is 11.8. The van der Waals surface area contributed by atoms with Gasteiger partial charge in [0.2, 0.25) is 0 Å². The summed E-state index contributed by atoms with van der Waals surface area (Å²) in [6.07, 6.45) is 43.0. The summed E-state index contributed by atoms with van der Waals surface area (Å²) in [4.78, 5) is 5.17. The highest BCUT2D eigenvalue weighted by Gasteiger charge is 2.39. The number of hydrogen-bond acceptors (Lipinski definition) is 1. The van der Waals surface area contributed by atoms with Crippen LogP contribution in [0, 0.1) is 0 Å². The molecule has 2 heteroatoms. The number of aryl methyl sites for hydroxylation is 1. The van der Waals surface area contributed by atoms with Gasteiger partial charge in [-0.2, -0.15) is 0 Å². The summed E-state index contributed by atoms with van der Waals surface area (Å²) in [7, 11) is 0. The molecule has 0 saturated heterocycles. The molecule has 286 valence electrons. The van der Waals surface area contributed by atoms with Gasteiger partial charge in [0.25, 0.3) is 0 Å². The first-order chi connectivity index (χ1) is 25.2. The van der Waals surface area contributed by atoms with Crippen LogP contribution in [-0.4, -0.2) is 9.55 Å². The Kier molecular flexibility index (Phi) is 23.8. The third kappa shape index (κ3) is 17.8. The van der Waals surface area contributed by atoms with E-state index < -0.39 is 0 Å². The Labute approximate surface area is 317 Å². The van der Waals surface area contributed by atoms with Crippen LogP contribution in [0.4, 0.5) is 0 Å². The molecule has 3 rings (SSSR count). The largest absolute Gasteiger partial charge is 0.335 e. The van der Waals surface area contributed by atoms with Gasteiger partial charge in [-0.25, -0.2) is 4.98 Å². The van der Waals surface area contributed by atoms with Crippen molar-refractivity contribution >= 4 is 0 Å². The van der Waals surface area contributed by atoms with Crippen molar-refractivity contribution in [2.24, 2.45) is 0 Å². The molecule has 0 amide bonds. The molecule has 3 aromatic rings. The zero-order chi connectivity index (χ0) is 36.1. The number of imidazole rings is 1. The van der Waals surface area contributed by atoms with Crippen molar-refractivity contribution in [3.05, 3.63) is 90.0 Å². The van der Waals surface area contributed by atoms with E-state index in [-0.39, 0.29) is 5.41 Å². The van der Waals surface area contributed by atoms with Crippen LogP contribution in [0.1, 0.15) is 217 Å². The molecule has 1 aromatic heterocycles. The average Bonchev–Trinajstić information content (AvgIpc) is 3.62. The van der Waals surface area contributed by atoms with E-state index in [1.165, 1.54) is 190 Å². The van der Waals surface area contributed by atoms with Gasteiger partial charge in [-0.1, -0.05) is 242 Å². The average molecular weight is 697 g/mol. The minimum Gasteiger partial charge on any atom is -0.335 e. The van der Waals surface area contributed by atoms with Gasteiger partial charge in [0.05, 0.1) is 0 Å². The maximum Gasteiger partial charge on any atom is 0.112 e. The van der Waals surface area contributed by atoms with Crippen LogP contribution in [0.15, 0.2) is 73.1 Å². The molecule has 2 nitrogen and oxygen atoms in total. The van der Waals surface area contributed by atoms with Crippen molar-refractivity contribution < 1.29 is 0 Å². The SMILES string of the molecule is CCCCCCCCCCCCCCCCCn1ccnc1C(CCCCCCCCCCCCC)C(C)(Cc1ccccc1)c1ccccc1. The molecule has 0 fully saturated rings. The maximum absolute atomic E-state index is 5.17. The molecule has 2 unspecified atom stereocenters. The number of benzene rings is 2. The van der Waals surface area contributed by atoms with Crippen LogP contribution in [0.5, 0.6) is 0 Å². The van der Waals surface area contributed by atoms with Gasteiger partial charge in [0.15, 0.2) is 0 Å². The van der Waals surface area contributed by atoms with Gasteiger partial charge in [0, 0.05) is 30.3 Å². The fraction of sp³-hybridized carbons (Fsp3) is 0.694. The zero-order valence-electron chi connectivity index (χ0n) is 33.9. The van der Waals surface area contributed by atoms with Gasteiger partial charge >= 0.3 is 0 Å². The number of hydrogen-bond donors (Lipinski definition) is 0. The Hall–Kier alpha value is -2.35. The number of unbranched alkanes of at least 4 members (excludes halogenated alkanes) is 24. The summed E-state index contributed by atoms with van der Waals surface area (Å²) >= 11 is 0. The van der Waals surface area contributed by atoms with Crippen molar-refractivity contribution in [3.8, 4) is 0 Å². The Balaban J connectivity index is 1.52. The number of aromatic nitrogens is 2. The molecule has 0 saturated carbocycles. The molecule has 1 heterocycles. The lowest BCUT2D eigenvalue weighted by Gasteiger charge is -2.39. The predicted molar refractivity (Wildman–Crippen MR) is 225 cm³/mol. The molecule has 0 spiro atoms. The Morgan fingerprint density at radius 1 is 0.510 bits per heavy atom. The molecule has 0 radical (unpaired) electrons. The van der Waals surface area contributed by atoms with E-state index in [1.807, 2.05) is 0 Å². The molecule has 0 aliphatic carbocycles. The molecule has 0 N–H and O–H groups in total. The molecule has 51 heavy (non-hydrogen) atoms. The molecule has 2 aromatic carbocycles. The Bertz CT molecular complexity index is 1180. The fourth-order valence-electron chi connectivity index (χ4n) is 8.48. The van der Waals surface area contributed by atoms with Crippen LogP contribution < -0.4 is 0 Å². The van der Waals surface area contributed by atoms with Gasteiger partial charge in [-0.05, 0) is 30.4 Å². The summed E-state index contributed by atoms with van der Waals surface area (Å²) in [6, 6.07) is 22.6.